The van der Waals surface area contributed by atoms with E-state index < -0.39 is 0 Å². The van der Waals surface area contributed by atoms with Crippen LogP contribution >= 0.6 is 0 Å². The lowest BCUT2D eigenvalue weighted by Gasteiger charge is -2.29. The van der Waals surface area contributed by atoms with Crippen LogP contribution in [0.5, 0.6) is 0 Å². The van der Waals surface area contributed by atoms with Crippen molar-refractivity contribution in [3.05, 3.63) is 65.2 Å². The fourth-order valence-corrected chi connectivity index (χ4v) is 3.20. The minimum atomic E-state index is 0.126. The molecule has 0 saturated heterocycles. The molecule has 3 rings (SSSR count). The number of carbonyl (C=O) groups excluding carboxylic acids is 1. The lowest BCUT2D eigenvalue weighted by Crippen LogP contribution is -2.37. The van der Waals surface area contributed by atoms with Crippen molar-refractivity contribution in [2.75, 3.05) is 11.9 Å². The number of rotatable bonds is 5. The fourth-order valence-electron chi connectivity index (χ4n) is 3.20. The third-order valence-electron chi connectivity index (χ3n) is 4.87. The number of hydrogen-bond donors (Lipinski definition) is 1. The van der Waals surface area contributed by atoms with Gasteiger partial charge in [-0.3, -0.25) is 4.79 Å². The van der Waals surface area contributed by atoms with Crippen molar-refractivity contribution >= 4 is 11.6 Å². The van der Waals surface area contributed by atoms with Crippen molar-refractivity contribution in [1.29, 1.82) is 0 Å². The molecule has 1 amide bonds. The first-order valence-electron chi connectivity index (χ1n) is 8.90. The van der Waals surface area contributed by atoms with Gasteiger partial charge in [0.2, 0.25) is 0 Å². The molecule has 0 saturated carbocycles. The van der Waals surface area contributed by atoms with E-state index in [1.165, 1.54) is 16.8 Å². The van der Waals surface area contributed by atoms with Crippen LogP contribution in [0, 0.1) is 0 Å². The number of nitrogens with zero attached hydrogens (tertiary/aromatic N) is 1. The van der Waals surface area contributed by atoms with Crippen LogP contribution in [0.15, 0.2) is 48.5 Å². The van der Waals surface area contributed by atoms with E-state index in [2.05, 4.69) is 43.4 Å². The van der Waals surface area contributed by atoms with Crippen LogP contribution in [0.3, 0.4) is 0 Å². The number of amides is 1. The number of carbonyl (C=O) groups is 1. The molecule has 1 aliphatic heterocycles. The summed E-state index contributed by atoms with van der Waals surface area (Å²) < 4.78 is 0. The Kier molecular flexibility index (Phi) is 5.19. The minimum absolute atomic E-state index is 0.126. The van der Waals surface area contributed by atoms with Crippen molar-refractivity contribution in [3.8, 4) is 0 Å². The van der Waals surface area contributed by atoms with Crippen molar-refractivity contribution in [1.82, 2.24) is 4.90 Å². The molecule has 24 heavy (non-hydrogen) atoms. The molecule has 1 heterocycles. The summed E-state index contributed by atoms with van der Waals surface area (Å²) in [5, 5.41) is 3.41. The predicted octanol–water partition coefficient (Wildman–Crippen LogP) is 4.49. The standard InChI is InChI=1S/C21H26N2O/c1-3-16(2)23(15-17-8-5-4-6-9-17)21(24)19-11-12-20-18(14-19)10-7-13-22-20/h4-6,8-9,11-12,14,16,22H,3,7,10,13,15H2,1-2H3. The van der Waals surface area contributed by atoms with Crippen LogP contribution < -0.4 is 5.32 Å². The molecule has 0 aromatic heterocycles. The summed E-state index contributed by atoms with van der Waals surface area (Å²) in [5.74, 6) is 0.126. The Morgan fingerprint density at radius 2 is 2.00 bits per heavy atom. The molecule has 0 fully saturated rings. The van der Waals surface area contributed by atoms with Gasteiger partial charge >= 0.3 is 0 Å². The molecule has 1 atom stereocenters. The Morgan fingerprint density at radius 3 is 2.75 bits per heavy atom. The first-order chi connectivity index (χ1) is 11.7. The first-order valence-corrected chi connectivity index (χ1v) is 8.90. The predicted molar refractivity (Wildman–Crippen MR) is 99.3 cm³/mol. The van der Waals surface area contributed by atoms with E-state index in [1.807, 2.05) is 29.2 Å². The van der Waals surface area contributed by atoms with Gasteiger partial charge in [-0.2, -0.15) is 0 Å². The van der Waals surface area contributed by atoms with Gasteiger partial charge in [-0.05, 0) is 55.5 Å². The van der Waals surface area contributed by atoms with Gasteiger partial charge in [0, 0.05) is 30.4 Å². The van der Waals surface area contributed by atoms with Gasteiger partial charge in [0.15, 0.2) is 0 Å². The summed E-state index contributed by atoms with van der Waals surface area (Å²) >= 11 is 0. The zero-order valence-corrected chi connectivity index (χ0v) is 14.6. The van der Waals surface area contributed by atoms with Crippen molar-refractivity contribution in [3.63, 3.8) is 0 Å². The van der Waals surface area contributed by atoms with Crippen LogP contribution in [-0.2, 0) is 13.0 Å². The first kappa shape index (κ1) is 16.6. The summed E-state index contributed by atoms with van der Waals surface area (Å²) in [6, 6.07) is 16.5. The van der Waals surface area contributed by atoms with E-state index in [4.69, 9.17) is 0 Å². The van der Waals surface area contributed by atoms with E-state index in [0.717, 1.165) is 31.4 Å². The average Bonchev–Trinajstić information content (AvgIpc) is 2.65. The molecular weight excluding hydrogens is 296 g/mol. The average molecular weight is 322 g/mol. The topological polar surface area (TPSA) is 32.3 Å². The molecule has 126 valence electrons. The molecule has 0 bridgehead atoms. The highest BCUT2D eigenvalue weighted by Crippen LogP contribution is 2.24. The Balaban J connectivity index is 1.85. The monoisotopic (exact) mass is 322 g/mol. The number of benzene rings is 2. The Hall–Kier alpha value is -2.29. The van der Waals surface area contributed by atoms with E-state index in [1.54, 1.807) is 0 Å². The quantitative estimate of drug-likeness (QED) is 0.880. The molecule has 3 heteroatoms. The summed E-state index contributed by atoms with van der Waals surface area (Å²) in [6.07, 6.45) is 3.13. The van der Waals surface area contributed by atoms with Gasteiger partial charge in [-0.15, -0.1) is 0 Å². The van der Waals surface area contributed by atoms with Crippen molar-refractivity contribution in [2.45, 2.75) is 45.7 Å². The van der Waals surface area contributed by atoms with Crippen molar-refractivity contribution in [2.24, 2.45) is 0 Å². The highest BCUT2D eigenvalue weighted by molar-refractivity contribution is 5.95. The van der Waals surface area contributed by atoms with Crippen LogP contribution in [0.2, 0.25) is 0 Å². The second-order valence-electron chi connectivity index (χ2n) is 6.58. The second kappa shape index (κ2) is 7.52. The smallest absolute Gasteiger partial charge is 0.254 e. The van der Waals surface area contributed by atoms with E-state index in [-0.39, 0.29) is 11.9 Å². The molecule has 1 unspecified atom stereocenters. The Bertz CT molecular complexity index is 696. The van der Waals surface area contributed by atoms with Gasteiger partial charge < -0.3 is 10.2 Å². The molecule has 3 nitrogen and oxygen atoms in total. The normalized spacial score (nSPS) is 14.4. The Morgan fingerprint density at radius 1 is 1.21 bits per heavy atom. The highest BCUT2D eigenvalue weighted by Gasteiger charge is 2.22. The van der Waals surface area contributed by atoms with E-state index in [0.29, 0.717) is 6.54 Å². The van der Waals surface area contributed by atoms with Gasteiger partial charge in [0.1, 0.15) is 0 Å². The largest absolute Gasteiger partial charge is 0.385 e. The number of aryl methyl sites for hydroxylation is 1. The molecule has 0 aliphatic carbocycles. The summed E-state index contributed by atoms with van der Waals surface area (Å²) in [4.78, 5) is 15.1. The lowest BCUT2D eigenvalue weighted by molar-refractivity contribution is 0.0671. The second-order valence-corrected chi connectivity index (χ2v) is 6.58. The zero-order valence-electron chi connectivity index (χ0n) is 14.6. The fraction of sp³-hybridized carbons (Fsp3) is 0.381. The number of fused-ring (bicyclic) bond motifs is 1. The molecule has 1 N–H and O–H groups in total. The van der Waals surface area contributed by atoms with E-state index >= 15 is 0 Å². The van der Waals surface area contributed by atoms with Crippen LogP contribution in [0.25, 0.3) is 0 Å². The zero-order chi connectivity index (χ0) is 16.9. The number of anilines is 1. The minimum Gasteiger partial charge on any atom is -0.385 e. The third kappa shape index (κ3) is 3.61. The third-order valence-corrected chi connectivity index (χ3v) is 4.87. The van der Waals surface area contributed by atoms with Crippen LogP contribution in [-0.4, -0.2) is 23.4 Å². The van der Waals surface area contributed by atoms with Crippen LogP contribution in [0.1, 0.15) is 48.2 Å². The summed E-state index contributed by atoms with van der Waals surface area (Å²) in [7, 11) is 0. The van der Waals surface area contributed by atoms with Crippen LogP contribution in [0.4, 0.5) is 5.69 Å². The van der Waals surface area contributed by atoms with Gasteiger partial charge in [0.05, 0.1) is 0 Å². The maximum absolute atomic E-state index is 13.1. The van der Waals surface area contributed by atoms with Crippen molar-refractivity contribution < 1.29 is 4.79 Å². The Labute approximate surface area is 144 Å². The summed E-state index contributed by atoms with van der Waals surface area (Å²) in [6.45, 7) is 5.94. The molecule has 2 aromatic carbocycles. The summed E-state index contributed by atoms with van der Waals surface area (Å²) in [5.41, 5.74) is 4.41. The molecular formula is C21H26N2O. The molecule has 0 spiro atoms. The van der Waals surface area contributed by atoms with Gasteiger partial charge in [-0.25, -0.2) is 0 Å². The molecule has 1 aliphatic rings. The van der Waals surface area contributed by atoms with Gasteiger partial charge in [-0.1, -0.05) is 37.3 Å². The lowest BCUT2D eigenvalue weighted by atomic mass is 9.99. The molecule has 0 radical (unpaired) electrons. The molecule has 2 aromatic rings. The SMILES string of the molecule is CCC(C)N(Cc1ccccc1)C(=O)c1ccc2c(c1)CCCN2. The maximum atomic E-state index is 13.1. The number of nitrogens with one attached hydrogen (secondary N) is 1. The van der Waals surface area contributed by atoms with Gasteiger partial charge in [0.25, 0.3) is 5.91 Å². The maximum Gasteiger partial charge on any atom is 0.254 e. The highest BCUT2D eigenvalue weighted by atomic mass is 16.2. The number of hydrogen-bond acceptors (Lipinski definition) is 2. The van der Waals surface area contributed by atoms with E-state index in [9.17, 15) is 4.79 Å².